The van der Waals surface area contributed by atoms with Gasteiger partial charge in [-0.2, -0.15) is 0 Å². The van der Waals surface area contributed by atoms with Gasteiger partial charge in [0, 0.05) is 38.1 Å². The molecule has 1 saturated carbocycles. The molecule has 0 aromatic carbocycles. The van der Waals surface area contributed by atoms with E-state index < -0.39 is 0 Å². The Morgan fingerprint density at radius 3 is 2.50 bits per heavy atom. The fraction of sp³-hybridized carbons (Fsp3) is 0.933. The first-order valence-corrected chi connectivity index (χ1v) is 8.03. The number of carbonyl (C=O) groups excluding carboxylic acids is 1. The van der Waals surface area contributed by atoms with Crippen LogP contribution in [0.15, 0.2) is 0 Å². The summed E-state index contributed by atoms with van der Waals surface area (Å²) in [6, 6.07) is 0. The highest BCUT2D eigenvalue weighted by Crippen LogP contribution is 2.29. The van der Waals surface area contributed by atoms with Crippen molar-refractivity contribution in [3.05, 3.63) is 0 Å². The van der Waals surface area contributed by atoms with E-state index >= 15 is 0 Å². The number of nitrogens with zero attached hydrogens (tertiary/aromatic N) is 2. The van der Waals surface area contributed by atoms with Crippen LogP contribution in [0.4, 0.5) is 0 Å². The molecule has 2 rings (SSSR count). The molecule has 1 aliphatic heterocycles. The molecule has 0 unspecified atom stereocenters. The molecule has 116 valence electrons. The standard InChI is InChI=1S/C15H29N3O2/c16-15(5-2-1-3-6-15)13-14(20)18-8-4-7-17(9-10-18)11-12-19/h19H,1-13,16H2. The third-order valence-electron chi connectivity index (χ3n) is 4.71. The molecule has 0 aromatic heterocycles. The zero-order valence-electron chi connectivity index (χ0n) is 12.5. The van der Waals surface area contributed by atoms with Crippen molar-refractivity contribution >= 4 is 5.91 Å². The van der Waals surface area contributed by atoms with Crippen LogP contribution in [0, 0.1) is 0 Å². The SMILES string of the molecule is NC1(CC(=O)N2CCCN(CCO)CC2)CCCCC1. The first-order valence-electron chi connectivity index (χ1n) is 8.03. The largest absolute Gasteiger partial charge is 0.395 e. The third kappa shape index (κ3) is 4.43. The van der Waals surface area contributed by atoms with E-state index in [9.17, 15) is 4.79 Å². The van der Waals surface area contributed by atoms with Gasteiger partial charge in [0.1, 0.15) is 0 Å². The number of amides is 1. The summed E-state index contributed by atoms with van der Waals surface area (Å²) in [5.41, 5.74) is 6.13. The van der Waals surface area contributed by atoms with Crippen molar-refractivity contribution in [2.45, 2.75) is 50.5 Å². The van der Waals surface area contributed by atoms with Crippen molar-refractivity contribution in [3.8, 4) is 0 Å². The summed E-state index contributed by atoms with van der Waals surface area (Å²) < 4.78 is 0. The van der Waals surface area contributed by atoms with Gasteiger partial charge in [-0.15, -0.1) is 0 Å². The van der Waals surface area contributed by atoms with Crippen LogP contribution in [0.2, 0.25) is 0 Å². The molecule has 5 heteroatoms. The van der Waals surface area contributed by atoms with Crippen LogP contribution in [0.5, 0.6) is 0 Å². The van der Waals surface area contributed by atoms with Crippen LogP contribution in [-0.2, 0) is 4.79 Å². The molecule has 1 saturated heterocycles. The van der Waals surface area contributed by atoms with Crippen LogP contribution in [0.1, 0.15) is 44.9 Å². The molecule has 1 heterocycles. The number of aliphatic hydroxyl groups is 1. The van der Waals surface area contributed by atoms with E-state index in [1.54, 1.807) is 0 Å². The van der Waals surface area contributed by atoms with Gasteiger partial charge >= 0.3 is 0 Å². The number of aliphatic hydroxyl groups excluding tert-OH is 1. The maximum absolute atomic E-state index is 12.5. The lowest BCUT2D eigenvalue weighted by Crippen LogP contribution is -2.47. The molecule has 2 aliphatic rings. The number of rotatable bonds is 4. The van der Waals surface area contributed by atoms with E-state index in [-0.39, 0.29) is 18.1 Å². The topological polar surface area (TPSA) is 69.8 Å². The highest BCUT2D eigenvalue weighted by molar-refractivity contribution is 5.77. The summed E-state index contributed by atoms with van der Waals surface area (Å²) in [6.45, 7) is 4.34. The Morgan fingerprint density at radius 1 is 1.05 bits per heavy atom. The Labute approximate surface area is 122 Å². The summed E-state index contributed by atoms with van der Waals surface area (Å²) in [6.07, 6.45) is 7.05. The van der Waals surface area contributed by atoms with Gasteiger partial charge in [0.2, 0.25) is 5.91 Å². The maximum atomic E-state index is 12.5. The Bertz CT molecular complexity index is 316. The molecule has 3 N–H and O–H groups in total. The molecule has 20 heavy (non-hydrogen) atoms. The van der Waals surface area contributed by atoms with Gasteiger partial charge in [-0.05, 0) is 25.8 Å². The van der Waals surface area contributed by atoms with Gasteiger partial charge in [-0.25, -0.2) is 0 Å². The second kappa shape index (κ2) is 7.38. The fourth-order valence-electron chi connectivity index (χ4n) is 3.43. The minimum Gasteiger partial charge on any atom is -0.395 e. The van der Waals surface area contributed by atoms with Gasteiger partial charge in [0.25, 0.3) is 0 Å². The van der Waals surface area contributed by atoms with E-state index in [4.69, 9.17) is 10.8 Å². The molecule has 0 aromatic rings. The second-order valence-electron chi connectivity index (χ2n) is 6.40. The lowest BCUT2D eigenvalue weighted by molar-refractivity contribution is -0.132. The summed E-state index contributed by atoms with van der Waals surface area (Å²) in [5.74, 6) is 0.222. The van der Waals surface area contributed by atoms with Crippen LogP contribution in [-0.4, -0.2) is 65.7 Å². The van der Waals surface area contributed by atoms with Gasteiger partial charge in [-0.1, -0.05) is 19.3 Å². The monoisotopic (exact) mass is 283 g/mol. The highest BCUT2D eigenvalue weighted by atomic mass is 16.3. The summed E-state index contributed by atoms with van der Waals surface area (Å²) >= 11 is 0. The van der Waals surface area contributed by atoms with Crippen LogP contribution < -0.4 is 5.73 Å². The van der Waals surface area contributed by atoms with Crippen molar-refractivity contribution in [2.75, 3.05) is 39.3 Å². The van der Waals surface area contributed by atoms with E-state index in [1.165, 1.54) is 6.42 Å². The number of carbonyl (C=O) groups is 1. The average molecular weight is 283 g/mol. The molecule has 0 bridgehead atoms. The van der Waals surface area contributed by atoms with E-state index in [1.807, 2.05) is 4.90 Å². The smallest absolute Gasteiger partial charge is 0.224 e. The molecule has 2 fully saturated rings. The van der Waals surface area contributed by atoms with Crippen molar-refractivity contribution in [3.63, 3.8) is 0 Å². The van der Waals surface area contributed by atoms with Gasteiger partial charge in [0.05, 0.1) is 6.61 Å². The van der Waals surface area contributed by atoms with Gasteiger partial charge < -0.3 is 15.7 Å². The van der Waals surface area contributed by atoms with E-state index in [2.05, 4.69) is 4.90 Å². The second-order valence-corrected chi connectivity index (χ2v) is 6.40. The lowest BCUT2D eigenvalue weighted by atomic mass is 9.80. The molecule has 1 amide bonds. The van der Waals surface area contributed by atoms with Gasteiger partial charge in [0.15, 0.2) is 0 Å². The van der Waals surface area contributed by atoms with Crippen molar-refractivity contribution < 1.29 is 9.90 Å². The quantitative estimate of drug-likeness (QED) is 0.791. The summed E-state index contributed by atoms with van der Waals surface area (Å²) in [4.78, 5) is 16.7. The van der Waals surface area contributed by atoms with Crippen molar-refractivity contribution in [1.82, 2.24) is 9.80 Å². The zero-order chi connectivity index (χ0) is 14.4. The number of hydrogen-bond donors (Lipinski definition) is 2. The highest BCUT2D eigenvalue weighted by Gasteiger charge is 2.32. The van der Waals surface area contributed by atoms with E-state index in [0.29, 0.717) is 13.0 Å². The van der Waals surface area contributed by atoms with E-state index in [0.717, 1.165) is 58.3 Å². The Balaban J connectivity index is 1.82. The minimum atomic E-state index is -0.258. The Kier molecular flexibility index (Phi) is 5.81. The zero-order valence-corrected chi connectivity index (χ0v) is 12.5. The predicted molar refractivity (Wildman–Crippen MR) is 79.3 cm³/mol. The molecule has 0 spiro atoms. The Hall–Kier alpha value is -0.650. The summed E-state index contributed by atoms with van der Waals surface area (Å²) in [5, 5.41) is 9.00. The molecule has 5 nitrogen and oxygen atoms in total. The normalized spacial score (nSPS) is 24.4. The third-order valence-corrected chi connectivity index (χ3v) is 4.71. The van der Waals surface area contributed by atoms with Crippen molar-refractivity contribution in [1.29, 1.82) is 0 Å². The first kappa shape index (κ1) is 15.7. The number of nitrogens with two attached hydrogens (primary N) is 1. The first-order chi connectivity index (χ1) is 9.63. The molecular weight excluding hydrogens is 254 g/mol. The number of β-amino-alcohol motifs (C(OH)–C–C–N with tert-alkyl or cyclic N) is 1. The Morgan fingerprint density at radius 2 is 1.80 bits per heavy atom. The van der Waals surface area contributed by atoms with Crippen molar-refractivity contribution in [2.24, 2.45) is 5.73 Å². The molecule has 0 atom stereocenters. The van der Waals surface area contributed by atoms with Crippen LogP contribution in [0.3, 0.4) is 0 Å². The maximum Gasteiger partial charge on any atom is 0.224 e. The number of hydrogen-bond acceptors (Lipinski definition) is 4. The van der Waals surface area contributed by atoms with Gasteiger partial charge in [-0.3, -0.25) is 9.69 Å². The molecule has 0 radical (unpaired) electrons. The molecular formula is C15H29N3O2. The van der Waals surface area contributed by atoms with Crippen LogP contribution in [0.25, 0.3) is 0 Å². The van der Waals surface area contributed by atoms with Crippen LogP contribution >= 0.6 is 0 Å². The lowest BCUT2D eigenvalue weighted by Gasteiger charge is -2.34. The fourth-order valence-corrected chi connectivity index (χ4v) is 3.43. The minimum absolute atomic E-state index is 0.194. The average Bonchev–Trinajstić information content (AvgIpc) is 2.65. The summed E-state index contributed by atoms with van der Waals surface area (Å²) in [7, 11) is 0. The molecule has 1 aliphatic carbocycles. The predicted octanol–water partition coefficient (Wildman–Crippen LogP) is 0.565.